The predicted molar refractivity (Wildman–Crippen MR) is 583 cm³/mol. The number of nitrogens with two attached hydrogens (primary N) is 1. The number of carbonyl (C=O) groups is 6. The molecule has 12 fully saturated rings. The maximum atomic E-state index is 11.8. The number of benzene rings is 5. The van der Waals surface area contributed by atoms with Crippen LogP contribution in [0.2, 0.25) is 0 Å². The molecule has 0 aromatic heterocycles. The summed E-state index contributed by atoms with van der Waals surface area (Å²) in [6.07, 6.45) is 34.9. The number of ketones is 5. The third kappa shape index (κ3) is 47.7. The molecule has 17 rings (SSSR count). The van der Waals surface area contributed by atoms with Crippen LogP contribution >= 0.6 is 0 Å². The number of aromatic hydroxyl groups is 1. The van der Waals surface area contributed by atoms with Gasteiger partial charge < -0.3 is 76.1 Å². The lowest BCUT2D eigenvalue weighted by Crippen LogP contribution is -3.00. The summed E-state index contributed by atoms with van der Waals surface area (Å²) in [6.45, 7) is 30.2. The number of hydrogen-bond donors (Lipinski definition) is 2. The first kappa shape index (κ1) is 118. The molecule has 136 heavy (non-hydrogen) atoms. The standard InChI is InChI=1S/C14H21NO3.C12H14O2S.3C12H15OS.C11H22N2.2C10H20N2.C10H19OS.C9H21N2.BrH/c1-14(2,3)18-13(16)12(15)9-10-5-7-11(17-4)8-6-10;13-11-5-3-10(4-6-11)12(14)9-15-7-1-2-8-15;3*13-12(10-14-8-4-5-9-14)11-6-2-1-3-7-11;1-12-9-5-11(6-10-12)13-7-3-2-4-8-13;2*1-11-8-4-10(5-9-11)12-6-2-3-7-12;1-10(2,3)9(11)8-12-6-4-5-7-12;1-10-7-5-9(6-8-10)11(2,3)4;/h5-8,12H,9,15H2,1-4H3;3-6H,1-2,7-9H2;3*1-3,6-7H,4-5,8-10H2;11H,2-10H2,1H3;2*10H,2-9H2,1H3;4-8H2,1-3H3;9H,5-8H2,1-4H3;1H/q;;3*+1;;;;2*+1;. The smallest absolute Gasteiger partial charge is 0.323 e. The van der Waals surface area contributed by atoms with Crippen molar-refractivity contribution >= 4 is 89.4 Å². The number of methoxy groups -OCH3 is 1. The van der Waals surface area contributed by atoms with Crippen molar-refractivity contribution < 1.29 is 64.8 Å². The molecule has 12 saturated heterocycles. The highest BCUT2D eigenvalue weighted by atomic mass is 79.9. The van der Waals surface area contributed by atoms with E-state index in [2.05, 4.69) is 83.6 Å². The molecule has 24 heteroatoms. The van der Waals surface area contributed by atoms with Crippen LogP contribution in [0.3, 0.4) is 0 Å². The first-order chi connectivity index (χ1) is 64.7. The van der Waals surface area contributed by atoms with E-state index in [1.165, 1.54) is 310 Å². The van der Waals surface area contributed by atoms with Crippen molar-refractivity contribution in [3.05, 3.63) is 167 Å². The van der Waals surface area contributed by atoms with Crippen LogP contribution in [0.4, 0.5) is 0 Å². The van der Waals surface area contributed by atoms with Crippen molar-refractivity contribution in [1.29, 1.82) is 0 Å². The molecule has 12 aliphatic rings. The molecule has 0 amide bonds. The van der Waals surface area contributed by atoms with Crippen LogP contribution < -0.4 is 27.5 Å². The summed E-state index contributed by atoms with van der Waals surface area (Å²) in [4.78, 5) is 88.5. The molecular formula is C112H183BrN9O9S5+5. The SMILES string of the molecule is CC(C)(C)C(=O)C[S+]1CCCC1.CN1CCC(N2CCCC2)CC1.CN1CCC(N2CCCC2)CC1.CN1CCC(N2CCCCC2)CC1.CN1CCC([N+](C)(C)C)CC1.COc1ccc(CC(N)C(=O)OC(C)(C)C)cc1.O=C(C[S+]1CCCC1)c1ccc(O)cc1.O=C(C[S+]1CCCC1)c1ccccc1.O=C(C[S+]1CCCC1)c1ccccc1.O=C(C[S+]1CCCC1)c1ccccc1.[Br-]. The molecule has 0 radical (unpaired) electrons. The normalized spacial score (nSPS) is 20.6. The van der Waals surface area contributed by atoms with Gasteiger partial charge in [0.25, 0.3) is 0 Å². The Bertz CT molecular complexity index is 3860. The van der Waals surface area contributed by atoms with Gasteiger partial charge in [-0.2, -0.15) is 0 Å². The van der Waals surface area contributed by atoms with E-state index < -0.39 is 11.6 Å². The van der Waals surface area contributed by atoms with E-state index in [-0.39, 0.29) is 39.9 Å². The van der Waals surface area contributed by atoms with Crippen LogP contribution in [-0.2, 0) is 75.2 Å². The number of quaternary nitrogens is 1. The molecule has 5 aromatic carbocycles. The number of likely N-dealkylation sites (tertiary alicyclic amines) is 7. The van der Waals surface area contributed by atoms with Gasteiger partial charge in [0.05, 0.1) is 34.3 Å². The molecule has 0 saturated carbocycles. The van der Waals surface area contributed by atoms with E-state index >= 15 is 0 Å². The van der Waals surface area contributed by atoms with E-state index in [0.29, 0.717) is 89.8 Å². The van der Waals surface area contributed by atoms with Gasteiger partial charge in [-0.15, -0.1) is 0 Å². The summed E-state index contributed by atoms with van der Waals surface area (Å²) in [5, 5.41) is 9.11. The van der Waals surface area contributed by atoms with Gasteiger partial charge in [0.2, 0.25) is 23.1 Å². The number of piperidine rings is 5. The average molecular weight is 2040 g/mol. The number of phenols is 1. The lowest BCUT2D eigenvalue weighted by Gasteiger charge is -2.39. The summed E-state index contributed by atoms with van der Waals surface area (Å²) in [7, 11) is 19.4. The van der Waals surface area contributed by atoms with Crippen molar-refractivity contribution in [3.63, 3.8) is 0 Å². The van der Waals surface area contributed by atoms with E-state index in [9.17, 15) is 28.8 Å². The third-order valence-electron chi connectivity index (χ3n) is 28.0. The Kier molecular flexibility index (Phi) is 56.5. The Hall–Kier alpha value is -4.61. The number of nitrogens with zero attached hydrogens (tertiary/aromatic N) is 8. The summed E-state index contributed by atoms with van der Waals surface area (Å²) < 4.78 is 11.4. The molecular weight excluding hydrogens is 1860 g/mol. The van der Waals surface area contributed by atoms with Gasteiger partial charge in [-0.3, -0.25) is 28.8 Å². The summed E-state index contributed by atoms with van der Waals surface area (Å²) in [5.74, 6) is 18.9. The molecule has 0 aliphatic carbocycles. The van der Waals surface area contributed by atoms with Crippen molar-refractivity contribution in [2.45, 2.75) is 244 Å². The van der Waals surface area contributed by atoms with E-state index in [1.54, 1.807) is 31.4 Å². The lowest BCUT2D eigenvalue weighted by atomic mass is 9.92. The van der Waals surface area contributed by atoms with Crippen LogP contribution in [-0.4, -0.2) is 349 Å². The average Bonchev–Trinajstić information content (AvgIpc) is 1.22. The van der Waals surface area contributed by atoms with Crippen molar-refractivity contribution in [2.75, 3.05) is 234 Å². The predicted octanol–water partition coefficient (Wildman–Crippen LogP) is 14.5. The fraction of sp³-hybridized carbons (Fsp3) is 0.679. The Morgan fingerprint density at radius 1 is 0.368 bits per heavy atom. The van der Waals surface area contributed by atoms with Crippen LogP contribution in [0.1, 0.15) is 249 Å². The zero-order valence-electron chi connectivity index (χ0n) is 86.8. The molecule has 12 aliphatic heterocycles. The molecule has 1 atom stereocenters. The van der Waals surface area contributed by atoms with Crippen LogP contribution in [0.15, 0.2) is 140 Å². The number of carbonyl (C=O) groups excluding carboxylic acids is 6. The maximum Gasteiger partial charge on any atom is 0.323 e. The quantitative estimate of drug-likeness (QED) is 0.0288. The maximum absolute atomic E-state index is 11.8. The van der Waals surface area contributed by atoms with Gasteiger partial charge in [-0.05, 0) is 372 Å². The Morgan fingerprint density at radius 3 is 0.897 bits per heavy atom. The Labute approximate surface area is 850 Å². The van der Waals surface area contributed by atoms with E-state index in [0.717, 1.165) is 85.2 Å². The second-order valence-electron chi connectivity index (χ2n) is 42.4. The van der Waals surface area contributed by atoms with Gasteiger partial charge in [0, 0.05) is 71.7 Å². The van der Waals surface area contributed by atoms with Crippen molar-refractivity contribution in [3.8, 4) is 11.5 Å². The zero-order valence-corrected chi connectivity index (χ0v) is 92.5. The highest BCUT2D eigenvalue weighted by Gasteiger charge is 2.36. The number of hydrogen-bond acceptors (Lipinski definition) is 17. The number of phenolic OH excluding ortho intramolecular Hbond substituents is 1. The molecule has 3 N–H and O–H groups in total. The molecule has 1 unspecified atom stereocenters. The van der Waals surface area contributed by atoms with Crippen LogP contribution in [0.25, 0.3) is 0 Å². The number of ether oxygens (including phenoxy) is 2. The minimum absolute atomic E-state index is 0. The fourth-order valence-electron chi connectivity index (χ4n) is 19.1. The molecule has 5 aromatic rings. The largest absolute Gasteiger partial charge is 1.00 e. The van der Waals surface area contributed by atoms with Gasteiger partial charge in [-0.1, -0.05) is 130 Å². The fourth-order valence-corrected chi connectivity index (χ4v) is 30.7. The second-order valence-corrected chi connectivity index (χ2v) is 54.0. The monoisotopic (exact) mass is 2040 g/mol. The van der Waals surface area contributed by atoms with E-state index in [1.807, 2.05) is 157 Å². The number of rotatable bonds is 22. The summed E-state index contributed by atoms with van der Waals surface area (Å²) in [6, 6.07) is 46.0. The molecule has 12 heterocycles. The van der Waals surface area contributed by atoms with Crippen LogP contribution in [0, 0.1) is 5.41 Å². The highest BCUT2D eigenvalue weighted by Crippen LogP contribution is 2.28. The van der Waals surface area contributed by atoms with Crippen molar-refractivity contribution in [1.82, 2.24) is 34.3 Å². The zero-order chi connectivity index (χ0) is 97.4. The second kappa shape index (κ2) is 64.9. The minimum atomic E-state index is -0.641. The van der Waals surface area contributed by atoms with Gasteiger partial charge in [0.15, 0.2) is 34.5 Å². The molecule has 762 valence electrons. The van der Waals surface area contributed by atoms with Gasteiger partial charge >= 0.3 is 5.97 Å². The number of Topliss-reactive ketones (excluding diaryl/α,β-unsaturated/α-hetero) is 5. The number of esters is 1. The van der Waals surface area contributed by atoms with Crippen molar-refractivity contribution in [2.24, 2.45) is 11.1 Å². The third-order valence-corrected chi connectivity index (χ3v) is 40.0. The minimum Gasteiger partial charge on any atom is -1.00 e. The Balaban J connectivity index is 0.000000206. The summed E-state index contributed by atoms with van der Waals surface area (Å²) in [5.41, 5.74) is 9.55. The first-order valence-electron chi connectivity index (χ1n) is 51.9. The van der Waals surface area contributed by atoms with Gasteiger partial charge in [0.1, 0.15) is 80.7 Å². The first-order valence-corrected chi connectivity index (χ1v) is 60.6. The van der Waals surface area contributed by atoms with Crippen LogP contribution in [0.5, 0.6) is 11.5 Å². The number of halogens is 1. The highest BCUT2D eigenvalue weighted by molar-refractivity contribution is 7.98. The topological polar surface area (TPSA) is 190 Å². The van der Waals surface area contributed by atoms with E-state index in [4.69, 9.17) is 20.3 Å². The Morgan fingerprint density at radius 2 is 0.632 bits per heavy atom. The lowest BCUT2D eigenvalue weighted by molar-refractivity contribution is -0.897. The summed E-state index contributed by atoms with van der Waals surface area (Å²) >= 11 is 0. The molecule has 0 spiro atoms. The molecule has 0 bridgehead atoms. The van der Waals surface area contributed by atoms with Gasteiger partial charge in [-0.25, -0.2) is 0 Å². The molecule has 18 nitrogen and oxygen atoms in total.